The molecule has 0 spiro atoms. The lowest BCUT2D eigenvalue weighted by Crippen LogP contribution is -2.05. The van der Waals surface area contributed by atoms with E-state index in [-0.39, 0.29) is 6.04 Å². The highest BCUT2D eigenvalue weighted by atomic mass is 79.9. The van der Waals surface area contributed by atoms with Crippen molar-refractivity contribution < 1.29 is 0 Å². The summed E-state index contributed by atoms with van der Waals surface area (Å²) in [5, 5.41) is 2.09. The Morgan fingerprint density at radius 2 is 2.19 bits per heavy atom. The van der Waals surface area contributed by atoms with Crippen molar-refractivity contribution in [3.63, 3.8) is 0 Å². The third kappa shape index (κ3) is 2.88. The monoisotopic (exact) mass is 313 g/mol. The van der Waals surface area contributed by atoms with Gasteiger partial charge in [0.25, 0.3) is 0 Å². The Balaban J connectivity index is 2.21. The molecule has 4 heteroatoms. The van der Waals surface area contributed by atoms with E-state index in [1.807, 2.05) is 6.92 Å². The molecule has 0 radical (unpaired) electrons. The molecule has 0 unspecified atom stereocenters. The molecule has 0 saturated carbocycles. The van der Waals surface area contributed by atoms with Crippen LogP contribution in [0.15, 0.2) is 49.3 Å². The van der Waals surface area contributed by atoms with Gasteiger partial charge in [-0.25, -0.2) is 0 Å². The lowest BCUT2D eigenvalue weighted by Gasteiger charge is -2.09. The van der Waals surface area contributed by atoms with Crippen LogP contribution in [0.2, 0.25) is 0 Å². The van der Waals surface area contributed by atoms with Gasteiger partial charge in [0.15, 0.2) is 0 Å². The standard InChI is InChI=1S/C12H12BrNS2/c1-8(14)10-5-4-9(7-11(10)13)16-12-3-2-6-15-12/h2-8H,14H2,1H3/t8-/m1/s1. The van der Waals surface area contributed by atoms with E-state index in [1.54, 1.807) is 23.1 Å². The summed E-state index contributed by atoms with van der Waals surface area (Å²) in [6.45, 7) is 1.99. The third-order valence-corrected chi connectivity index (χ3v) is 4.89. The molecule has 0 aliphatic carbocycles. The minimum Gasteiger partial charge on any atom is -0.324 e. The molecule has 84 valence electrons. The average molecular weight is 314 g/mol. The quantitative estimate of drug-likeness (QED) is 0.890. The van der Waals surface area contributed by atoms with Gasteiger partial charge in [0.2, 0.25) is 0 Å². The molecule has 0 aliphatic rings. The molecular weight excluding hydrogens is 302 g/mol. The van der Waals surface area contributed by atoms with E-state index in [0.717, 1.165) is 10.0 Å². The van der Waals surface area contributed by atoms with Gasteiger partial charge in [0.05, 0.1) is 4.21 Å². The van der Waals surface area contributed by atoms with Gasteiger partial charge < -0.3 is 5.73 Å². The van der Waals surface area contributed by atoms with Crippen molar-refractivity contribution in [2.45, 2.75) is 22.1 Å². The average Bonchev–Trinajstić information content (AvgIpc) is 2.70. The number of nitrogens with two attached hydrogens (primary N) is 1. The Kier molecular flexibility index (Phi) is 4.08. The molecule has 1 heterocycles. The van der Waals surface area contributed by atoms with Crippen LogP contribution in [0.1, 0.15) is 18.5 Å². The van der Waals surface area contributed by atoms with Crippen molar-refractivity contribution in [3.05, 3.63) is 45.7 Å². The van der Waals surface area contributed by atoms with Crippen LogP contribution < -0.4 is 5.73 Å². The Morgan fingerprint density at radius 1 is 1.38 bits per heavy atom. The maximum absolute atomic E-state index is 5.87. The first kappa shape index (κ1) is 12.2. The first-order chi connectivity index (χ1) is 7.66. The highest BCUT2D eigenvalue weighted by molar-refractivity contribution is 9.10. The molecule has 0 fully saturated rings. The number of hydrogen-bond donors (Lipinski definition) is 1. The predicted octanol–water partition coefficient (Wildman–Crippen LogP) is 4.68. The fourth-order valence-corrected chi connectivity index (χ4v) is 4.06. The summed E-state index contributed by atoms with van der Waals surface area (Å²) in [4.78, 5) is 1.23. The summed E-state index contributed by atoms with van der Waals surface area (Å²) < 4.78 is 2.39. The molecule has 1 aromatic carbocycles. The normalized spacial score (nSPS) is 12.7. The van der Waals surface area contributed by atoms with E-state index in [9.17, 15) is 0 Å². The number of halogens is 1. The summed E-state index contributed by atoms with van der Waals surface area (Å²) >= 11 is 7.10. The predicted molar refractivity (Wildman–Crippen MR) is 75.2 cm³/mol. The number of hydrogen-bond acceptors (Lipinski definition) is 3. The molecule has 0 aliphatic heterocycles. The molecule has 1 nitrogen and oxygen atoms in total. The topological polar surface area (TPSA) is 26.0 Å². The summed E-state index contributed by atoms with van der Waals surface area (Å²) in [5.41, 5.74) is 7.01. The van der Waals surface area contributed by atoms with Crippen LogP contribution in [0.25, 0.3) is 0 Å². The van der Waals surface area contributed by atoms with Gasteiger partial charge in [0.1, 0.15) is 0 Å². The van der Waals surface area contributed by atoms with Crippen LogP contribution in [0.5, 0.6) is 0 Å². The number of thiophene rings is 1. The van der Waals surface area contributed by atoms with Crippen LogP contribution in [0.3, 0.4) is 0 Å². The highest BCUT2D eigenvalue weighted by Gasteiger charge is 2.06. The Hall–Kier alpha value is -0.290. The lowest BCUT2D eigenvalue weighted by atomic mass is 10.1. The van der Waals surface area contributed by atoms with Gasteiger partial charge in [-0.15, -0.1) is 11.3 Å². The van der Waals surface area contributed by atoms with Crippen molar-refractivity contribution >= 4 is 39.0 Å². The molecule has 0 amide bonds. The van der Waals surface area contributed by atoms with Gasteiger partial charge in [-0.1, -0.05) is 39.8 Å². The fourth-order valence-electron chi connectivity index (χ4n) is 1.38. The molecule has 0 saturated heterocycles. The fraction of sp³-hybridized carbons (Fsp3) is 0.167. The SMILES string of the molecule is C[C@@H](N)c1ccc(Sc2cccs2)cc1Br. The van der Waals surface area contributed by atoms with Crippen molar-refractivity contribution in [1.29, 1.82) is 0 Å². The van der Waals surface area contributed by atoms with Crippen LogP contribution in [-0.4, -0.2) is 0 Å². The molecule has 16 heavy (non-hydrogen) atoms. The smallest absolute Gasteiger partial charge is 0.0646 e. The van der Waals surface area contributed by atoms with Gasteiger partial charge in [0, 0.05) is 15.4 Å². The molecule has 2 rings (SSSR count). The van der Waals surface area contributed by atoms with E-state index in [0.29, 0.717) is 0 Å². The zero-order valence-corrected chi connectivity index (χ0v) is 12.0. The van der Waals surface area contributed by atoms with Gasteiger partial charge >= 0.3 is 0 Å². The highest BCUT2D eigenvalue weighted by Crippen LogP contribution is 2.34. The third-order valence-electron chi connectivity index (χ3n) is 2.18. The van der Waals surface area contributed by atoms with E-state index in [4.69, 9.17) is 5.73 Å². The molecular formula is C12H12BrNS2. The zero-order valence-electron chi connectivity index (χ0n) is 8.81. The summed E-state index contributed by atoms with van der Waals surface area (Å²) in [6.07, 6.45) is 0. The van der Waals surface area contributed by atoms with Crippen LogP contribution in [0, 0.1) is 0 Å². The second kappa shape index (κ2) is 5.36. The van der Waals surface area contributed by atoms with Crippen molar-refractivity contribution in [3.8, 4) is 0 Å². The van der Waals surface area contributed by atoms with Gasteiger partial charge in [-0.05, 0) is 36.1 Å². The van der Waals surface area contributed by atoms with Crippen LogP contribution >= 0.6 is 39.0 Å². The molecule has 2 aromatic rings. The van der Waals surface area contributed by atoms with E-state index >= 15 is 0 Å². The lowest BCUT2D eigenvalue weighted by molar-refractivity contribution is 0.811. The second-order valence-corrected chi connectivity index (χ2v) is 6.68. The maximum Gasteiger partial charge on any atom is 0.0646 e. The summed E-state index contributed by atoms with van der Waals surface area (Å²) in [6, 6.07) is 10.6. The summed E-state index contributed by atoms with van der Waals surface area (Å²) in [5.74, 6) is 0. The minimum atomic E-state index is 0.0650. The van der Waals surface area contributed by atoms with E-state index in [1.165, 1.54) is 9.10 Å². The Morgan fingerprint density at radius 3 is 2.75 bits per heavy atom. The Labute approximate surface area is 112 Å². The number of benzene rings is 1. The van der Waals surface area contributed by atoms with Crippen molar-refractivity contribution in [2.24, 2.45) is 5.73 Å². The first-order valence-corrected chi connectivity index (χ1v) is 7.42. The zero-order chi connectivity index (χ0) is 11.5. The second-order valence-electron chi connectivity index (χ2n) is 3.51. The molecule has 0 bridgehead atoms. The largest absolute Gasteiger partial charge is 0.324 e. The molecule has 1 atom stereocenters. The summed E-state index contributed by atoms with van der Waals surface area (Å²) in [7, 11) is 0. The van der Waals surface area contributed by atoms with Crippen LogP contribution in [-0.2, 0) is 0 Å². The van der Waals surface area contributed by atoms with Crippen molar-refractivity contribution in [1.82, 2.24) is 0 Å². The molecule has 2 N–H and O–H groups in total. The Bertz CT molecular complexity index is 466. The molecule has 1 aromatic heterocycles. The van der Waals surface area contributed by atoms with Crippen molar-refractivity contribution in [2.75, 3.05) is 0 Å². The number of rotatable bonds is 3. The van der Waals surface area contributed by atoms with Gasteiger partial charge in [-0.2, -0.15) is 0 Å². The van der Waals surface area contributed by atoms with E-state index < -0.39 is 0 Å². The first-order valence-electron chi connectivity index (χ1n) is 4.93. The van der Waals surface area contributed by atoms with E-state index in [2.05, 4.69) is 51.6 Å². The van der Waals surface area contributed by atoms with Crippen LogP contribution in [0.4, 0.5) is 0 Å². The van der Waals surface area contributed by atoms with Gasteiger partial charge in [-0.3, -0.25) is 0 Å². The minimum absolute atomic E-state index is 0.0650. The maximum atomic E-state index is 5.87.